The van der Waals surface area contributed by atoms with Crippen molar-refractivity contribution in [2.45, 2.75) is 13.1 Å². The average molecular weight is 355 g/mol. The Hall–Kier alpha value is -2.25. The van der Waals surface area contributed by atoms with Gasteiger partial charge >= 0.3 is 6.18 Å². The fraction of sp³-hybridized carbons (Fsp3) is 0.529. The SMILES string of the molecule is CC(=O)N1CC(C(=O)N2CCN(c3cccc(C(F)(F)F)c3)CC2)C1. The maximum Gasteiger partial charge on any atom is 0.416 e. The topological polar surface area (TPSA) is 43.9 Å². The van der Waals surface area contributed by atoms with Crippen molar-refractivity contribution in [3.63, 3.8) is 0 Å². The van der Waals surface area contributed by atoms with Crippen LogP contribution in [0.5, 0.6) is 0 Å². The van der Waals surface area contributed by atoms with Crippen LogP contribution in [0.3, 0.4) is 0 Å². The van der Waals surface area contributed by atoms with Crippen LogP contribution < -0.4 is 4.90 Å². The molecule has 2 aliphatic heterocycles. The van der Waals surface area contributed by atoms with E-state index in [9.17, 15) is 22.8 Å². The molecule has 0 bridgehead atoms. The first-order chi connectivity index (χ1) is 11.8. The van der Waals surface area contributed by atoms with E-state index in [1.807, 2.05) is 4.90 Å². The molecule has 8 heteroatoms. The van der Waals surface area contributed by atoms with Crippen LogP contribution in [-0.2, 0) is 15.8 Å². The van der Waals surface area contributed by atoms with E-state index in [1.54, 1.807) is 15.9 Å². The second-order valence-electron chi connectivity index (χ2n) is 6.48. The zero-order chi connectivity index (χ0) is 18.2. The molecule has 2 saturated heterocycles. The van der Waals surface area contributed by atoms with Gasteiger partial charge in [-0.1, -0.05) is 6.07 Å². The van der Waals surface area contributed by atoms with Gasteiger partial charge in [0, 0.05) is 51.9 Å². The van der Waals surface area contributed by atoms with E-state index >= 15 is 0 Å². The lowest BCUT2D eigenvalue weighted by Crippen LogP contribution is -2.58. The zero-order valence-electron chi connectivity index (χ0n) is 13.9. The number of hydrogen-bond donors (Lipinski definition) is 0. The first kappa shape index (κ1) is 17.6. The lowest BCUT2D eigenvalue weighted by Gasteiger charge is -2.43. The highest BCUT2D eigenvalue weighted by molar-refractivity contribution is 5.84. The number of anilines is 1. The summed E-state index contributed by atoms with van der Waals surface area (Å²) in [5.41, 5.74) is -0.143. The molecule has 136 valence electrons. The molecule has 2 heterocycles. The van der Waals surface area contributed by atoms with Gasteiger partial charge in [-0.3, -0.25) is 9.59 Å². The molecule has 0 spiro atoms. The van der Waals surface area contributed by atoms with Gasteiger partial charge in [0.2, 0.25) is 11.8 Å². The Kier molecular flexibility index (Phi) is 4.62. The minimum atomic E-state index is -4.36. The van der Waals surface area contributed by atoms with E-state index in [0.717, 1.165) is 12.1 Å². The summed E-state index contributed by atoms with van der Waals surface area (Å²) in [5, 5.41) is 0. The first-order valence-corrected chi connectivity index (χ1v) is 8.22. The van der Waals surface area contributed by atoms with E-state index in [2.05, 4.69) is 0 Å². The molecule has 3 rings (SSSR count). The van der Waals surface area contributed by atoms with Crippen LogP contribution in [0.1, 0.15) is 12.5 Å². The molecule has 0 saturated carbocycles. The normalized spacial score (nSPS) is 19.0. The van der Waals surface area contributed by atoms with Crippen molar-refractivity contribution in [1.29, 1.82) is 0 Å². The monoisotopic (exact) mass is 355 g/mol. The highest BCUT2D eigenvalue weighted by Gasteiger charge is 2.37. The van der Waals surface area contributed by atoms with E-state index < -0.39 is 11.7 Å². The molecule has 0 N–H and O–H groups in total. The fourth-order valence-corrected chi connectivity index (χ4v) is 3.21. The number of likely N-dealkylation sites (tertiary alicyclic amines) is 1. The van der Waals surface area contributed by atoms with Crippen LogP contribution in [0, 0.1) is 5.92 Å². The van der Waals surface area contributed by atoms with Gasteiger partial charge in [0.25, 0.3) is 0 Å². The summed E-state index contributed by atoms with van der Waals surface area (Å²) in [7, 11) is 0. The second kappa shape index (κ2) is 6.57. The molecule has 0 unspecified atom stereocenters. The zero-order valence-corrected chi connectivity index (χ0v) is 13.9. The molecule has 1 aromatic carbocycles. The molecule has 1 aromatic rings. The van der Waals surface area contributed by atoms with Crippen LogP contribution in [0.25, 0.3) is 0 Å². The Bertz CT molecular complexity index is 663. The van der Waals surface area contributed by atoms with Crippen molar-refractivity contribution in [2.75, 3.05) is 44.2 Å². The van der Waals surface area contributed by atoms with E-state index in [4.69, 9.17) is 0 Å². The molecule has 0 aliphatic carbocycles. The van der Waals surface area contributed by atoms with Crippen molar-refractivity contribution in [2.24, 2.45) is 5.92 Å². The number of alkyl halides is 3. The van der Waals surface area contributed by atoms with Crippen LogP contribution in [0.4, 0.5) is 18.9 Å². The van der Waals surface area contributed by atoms with Gasteiger partial charge in [-0.15, -0.1) is 0 Å². The molecule has 2 aliphatic rings. The minimum absolute atomic E-state index is 0.0289. The number of halogens is 3. The summed E-state index contributed by atoms with van der Waals surface area (Å²) < 4.78 is 38.5. The minimum Gasteiger partial charge on any atom is -0.368 e. The van der Waals surface area contributed by atoms with E-state index in [1.165, 1.54) is 13.0 Å². The standard InChI is InChI=1S/C17H20F3N3O2/c1-12(24)23-10-13(11-23)16(25)22-7-5-21(6-8-22)15-4-2-3-14(9-15)17(18,19)20/h2-4,9,13H,5-8,10-11H2,1H3. The molecular formula is C17H20F3N3O2. The molecule has 0 atom stereocenters. The van der Waals surface area contributed by atoms with Gasteiger partial charge in [-0.2, -0.15) is 13.2 Å². The molecule has 2 fully saturated rings. The Labute approximate surface area is 144 Å². The van der Waals surface area contributed by atoms with Gasteiger partial charge in [-0.05, 0) is 18.2 Å². The lowest BCUT2D eigenvalue weighted by molar-refractivity contribution is -0.147. The first-order valence-electron chi connectivity index (χ1n) is 8.22. The Morgan fingerprint density at radius 3 is 2.24 bits per heavy atom. The van der Waals surface area contributed by atoms with Crippen molar-refractivity contribution >= 4 is 17.5 Å². The Morgan fingerprint density at radius 1 is 1.04 bits per heavy atom. The predicted octanol–water partition coefficient (Wildman–Crippen LogP) is 1.83. The molecule has 0 radical (unpaired) electrons. The van der Waals surface area contributed by atoms with Crippen LogP contribution in [-0.4, -0.2) is 60.9 Å². The smallest absolute Gasteiger partial charge is 0.368 e. The molecular weight excluding hydrogens is 335 g/mol. The highest BCUT2D eigenvalue weighted by atomic mass is 19.4. The summed E-state index contributed by atoms with van der Waals surface area (Å²) >= 11 is 0. The fourth-order valence-electron chi connectivity index (χ4n) is 3.21. The van der Waals surface area contributed by atoms with Crippen molar-refractivity contribution in [3.8, 4) is 0 Å². The molecule has 0 aromatic heterocycles. The summed E-state index contributed by atoms with van der Waals surface area (Å²) in [4.78, 5) is 28.8. The average Bonchev–Trinajstić information content (AvgIpc) is 2.52. The Morgan fingerprint density at radius 2 is 1.68 bits per heavy atom. The van der Waals surface area contributed by atoms with Crippen molar-refractivity contribution in [3.05, 3.63) is 29.8 Å². The number of nitrogens with zero attached hydrogens (tertiary/aromatic N) is 3. The number of benzene rings is 1. The summed E-state index contributed by atoms with van der Waals surface area (Å²) in [6.07, 6.45) is -4.36. The van der Waals surface area contributed by atoms with Gasteiger partial charge < -0.3 is 14.7 Å². The maximum atomic E-state index is 12.8. The molecule has 2 amide bonds. The lowest BCUT2D eigenvalue weighted by atomic mass is 9.98. The number of carbonyl (C=O) groups is 2. The summed E-state index contributed by atoms with van der Waals surface area (Å²) in [6, 6.07) is 5.26. The van der Waals surface area contributed by atoms with Crippen LogP contribution in [0.15, 0.2) is 24.3 Å². The summed E-state index contributed by atoms with van der Waals surface area (Å²) in [5.74, 6) is -0.149. The van der Waals surface area contributed by atoms with Crippen LogP contribution in [0.2, 0.25) is 0 Å². The number of rotatable bonds is 2. The number of amides is 2. The highest BCUT2D eigenvalue weighted by Crippen LogP contribution is 2.32. The number of piperazine rings is 1. The number of hydrogen-bond acceptors (Lipinski definition) is 3. The third-order valence-corrected chi connectivity index (χ3v) is 4.81. The largest absolute Gasteiger partial charge is 0.416 e. The third-order valence-electron chi connectivity index (χ3n) is 4.81. The van der Waals surface area contributed by atoms with E-state index in [0.29, 0.717) is 45.0 Å². The third kappa shape index (κ3) is 3.72. The van der Waals surface area contributed by atoms with Crippen molar-refractivity contribution in [1.82, 2.24) is 9.80 Å². The maximum absolute atomic E-state index is 12.8. The van der Waals surface area contributed by atoms with Crippen molar-refractivity contribution < 1.29 is 22.8 Å². The van der Waals surface area contributed by atoms with E-state index in [-0.39, 0.29) is 17.7 Å². The summed E-state index contributed by atoms with van der Waals surface area (Å²) in [6.45, 7) is 4.35. The molecule has 5 nitrogen and oxygen atoms in total. The molecule has 25 heavy (non-hydrogen) atoms. The second-order valence-corrected chi connectivity index (χ2v) is 6.48. The van der Waals surface area contributed by atoms with Gasteiger partial charge in [0.1, 0.15) is 0 Å². The van der Waals surface area contributed by atoms with Gasteiger partial charge in [0.05, 0.1) is 11.5 Å². The number of carbonyl (C=O) groups excluding carboxylic acids is 2. The predicted molar refractivity (Wildman–Crippen MR) is 86.0 cm³/mol. The van der Waals surface area contributed by atoms with Crippen LogP contribution >= 0.6 is 0 Å². The van der Waals surface area contributed by atoms with Gasteiger partial charge in [0.15, 0.2) is 0 Å². The van der Waals surface area contributed by atoms with Gasteiger partial charge in [-0.25, -0.2) is 0 Å². The Balaban J connectivity index is 1.56. The quantitative estimate of drug-likeness (QED) is 0.813.